The van der Waals surface area contributed by atoms with Gasteiger partial charge in [-0.25, -0.2) is 0 Å². The summed E-state index contributed by atoms with van der Waals surface area (Å²) in [5.41, 5.74) is 1.91. The predicted molar refractivity (Wildman–Crippen MR) is 58.6 cm³/mol. The third-order valence-electron chi connectivity index (χ3n) is 1.52. The van der Waals surface area contributed by atoms with Gasteiger partial charge in [-0.05, 0) is 23.3 Å². The molecule has 0 nitrogen and oxygen atoms in total. The molecule has 1 aromatic carbocycles. The van der Waals surface area contributed by atoms with Crippen molar-refractivity contribution in [2.45, 2.75) is 0 Å². The van der Waals surface area contributed by atoms with Crippen LogP contribution in [0, 0.1) is 0 Å². The van der Waals surface area contributed by atoms with Crippen LogP contribution in [-0.2, 0) is 0 Å². The van der Waals surface area contributed by atoms with E-state index in [4.69, 9.17) is 11.6 Å². The van der Waals surface area contributed by atoms with Gasteiger partial charge in [0.1, 0.15) is 0 Å². The molecule has 0 atom stereocenters. The van der Waals surface area contributed by atoms with Crippen molar-refractivity contribution in [2.75, 3.05) is 0 Å². The Labute approximate surface area is 85.7 Å². The second-order valence-electron chi connectivity index (χ2n) is 2.39. The average molecular weight is 244 g/mol. The number of halogens is 2. The van der Waals surface area contributed by atoms with E-state index < -0.39 is 0 Å². The Morgan fingerprint density at radius 1 is 1.17 bits per heavy atom. The van der Waals surface area contributed by atoms with Gasteiger partial charge in [0.25, 0.3) is 0 Å². The standard InChI is InChI=1S/C10H8BrCl/c1-7(8(2)11)9-3-5-10(12)6-4-9/h3-6H,1-2H2. The van der Waals surface area contributed by atoms with E-state index in [-0.39, 0.29) is 0 Å². The smallest absolute Gasteiger partial charge is 0.0406 e. The van der Waals surface area contributed by atoms with Gasteiger partial charge in [-0.3, -0.25) is 0 Å². The Bertz CT molecular complexity index is 311. The minimum atomic E-state index is 0.728. The number of hydrogen-bond acceptors (Lipinski definition) is 0. The first-order valence-electron chi connectivity index (χ1n) is 3.41. The van der Waals surface area contributed by atoms with Crippen LogP contribution in [0.5, 0.6) is 0 Å². The predicted octanol–water partition coefficient (Wildman–Crippen LogP) is 4.26. The zero-order chi connectivity index (χ0) is 9.14. The molecule has 0 aromatic heterocycles. The summed E-state index contributed by atoms with van der Waals surface area (Å²) >= 11 is 9.00. The highest BCUT2D eigenvalue weighted by atomic mass is 79.9. The van der Waals surface area contributed by atoms with Gasteiger partial charge in [0.05, 0.1) is 0 Å². The van der Waals surface area contributed by atoms with Gasteiger partial charge in [0, 0.05) is 9.51 Å². The number of rotatable bonds is 2. The molecule has 2 heteroatoms. The summed E-state index contributed by atoms with van der Waals surface area (Å²) in [5.74, 6) is 0. The molecule has 0 bridgehead atoms. The second-order valence-corrected chi connectivity index (χ2v) is 3.78. The van der Waals surface area contributed by atoms with Crippen LogP contribution in [0.2, 0.25) is 5.02 Å². The highest BCUT2D eigenvalue weighted by molar-refractivity contribution is 9.12. The molecule has 0 heterocycles. The molecule has 12 heavy (non-hydrogen) atoms. The fraction of sp³-hybridized carbons (Fsp3) is 0. The third kappa shape index (κ3) is 2.23. The summed E-state index contributed by atoms with van der Waals surface area (Å²) < 4.78 is 0.796. The lowest BCUT2D eigenvalue weighted by molar-refractivity contribution is 1.63. The molecule has 0 spiro atoms. The lowest BCUT2D eigenvalue weighted by Crippen LogP contribution is -1.79. The lowest BCUT2D eigenvalue weighted by Gasteiger charge is -2.02. The van der Waals surface area contributed by atoms with E-state index >= 15 is 0 Å². The average Bonchev–Trinajstić information content (AvgIpc) is 2.04. The molecule has 0 fully saturated rings. The van der Waals surface area contributed by atoms with Crippen molar-refractivity contribution >= 4 is 33.1 Å². The van der Waals surface area contributed by atoms with E-state index in [0.29, 0.717) is 0 Å². The first-order valence-corrected chi connectivity index (χ1v) is 4.58. The van der Waals surface area contributed by atoms with Gasteiger partial charge in [0.2, 0.25) is 0 Å². The molecule has 0 amide bonds. The van der Waals surface area contributed by atoms with E-state index in [1.165, 1.54) is 0 Å². The van der Waals surface area contributed by atoms with Crippen LogP contribution in [-0.4, -0.2) is 0 Å². The van der Waals surface area contributed by atoms with E-state index in [2.05, 4.69) is 29.1 Å². The van der Waals surface area contributed by atoms with Gasteiger partial charge >= 0.3 is 0 Å². The van der Waals surface area contributed by atoms with Crippen molar-refractivity contribution in [3.05, 3.63) is 52.5 Å². The summed E-state index contributed by atoms with van der Waals surface area (Å²) in [4.78, 5) is 0. The number of benzene rings is 1. The third-order valence-corrected chi connectivity index (χ3v) is 2.25. The van der Waals surface area contributed by atoms with Crippen molar-refractivity contribution in [3.8, 4) is 0 Å². The summed E-state index contributed by atoms with van der Waals surface area (Å²) in [7, 11) is 0. The Balaban J connectivity index is 2.98. The summed E-state index contributed by atoms with van der Waals surface area (Å²) in [6.45, 7) is 7.60. The Hall–Kier alpha value is -0.530. The van der Waals surface area contributed by atoms with Crippen LogP contribution in [0.15, 0.2) is 41.9 Å². The Kier molecular flexibility index (Phi) is 3.12. The van der Waals surface area contributed by atoms with Crippen molar-refractivity contribution in [1.29, 1.82) is 0 Å². The minimum Gasteiger partial charge on any atom is -0.0900 e. The second kappa shape index (κ2) is 3.92. The molecule has 0 saturated heterocycles. The number of hydrogen-bond donors (Lipinski definition) is 0. The maximum Gasteiger partial charge on any atom is 0.0406 e. The van der Waals surface area contributed by atoms with Crippen LogP contribution in [0.3, 0.4) is 0 Å². The van der Waals surface area contributed by atoms with Gasteiger partial charge in [-0.2, -0.15) is 0 Å². The number of allylic oxidation sites excluding steroid dienone is 2. The Morgan fingerprint density at radius 2 is 1.67 bits per heavy atom. The molecule has 1 aromatic rings. The van der Waals surface area contributed by atoms with Crippen molar-refractivity contribution in [3.63, 3.8) is 0 Å². The van der Waals surface area contributed by atoms with Crippen LogP contribution in [0.1, 0.15) is 5.56 Å². The topological polar surface area (TPSA) is 0 Å². The summed E-state index contributed by atoms with van der Waals surface area (Å²) in [5, 5.41) is 0.728. The SMILES string of the molecule is C=C(Br)C(=C)c1ccc(Cl)cc1. The van der Waals surface area contributed by atoms with Gasteiger partial charge < -0.3 is 0 Å². The molecule has 0 N–H and O–H groups in total. The summed E-state index contributed by atoms with van der Waals surface area (Å²) in [6, 6.07) is 7.49. The zero-order valence-electron chi connectivity index (χ0n) is 6.48. The van der Waals surface area contributed by atoms with Crippen molar-refractivity contribution in [2.24, 2.45) is 0 Å². The van der Waals surface area contributed by atoms with E-state index in [1.54, 1.807) is 0 Å². The molecular formula is C10H8BrCl. The maximum absolute atomic E-state index is 5.73. The largest absolute Gasteiger partial charge is 0.0900 e. The molecule has 0 unspecified atom stereocenters. The molecule has 0 aliphatic heterocycles. The van der Waals surface area contributed by atoms with Gasteiger partial charge in [-0.1, -0.05) is 52.8 Å². The zero-order valence-corrected chi connectivity index (χ0v) is 8.82. The monoisotopic (exact) mass is 242 g/mol. The highest BCUT2D eigenvalue weighted by Crippen LogP contribution is 2.24. The van der Waals surface area contributed by atoms with Crippen molar-refractivity contribution < 1.29 is 0 Å². The first-order chi connectivity index (χ1) is 5.61. The summed E-state index contributed by atoms with van der Waals surface area (Å²) in [6.07, 6.45) is 0. The molecule has 1 rings (SSSR count). The van der Waals surface area contributed by atoms with Crippen LogP contribution >= 0.6 is 27.5 Å². The van der Waals surface area contributed by atoms with Crippen LogP contribution in [0.25, 0.3) is 5.57 Å². The fourth-order valence-corrected chi connectivity index (χ4v) is 1.16. The molecule has 0 radical (unpaired) electrons. The highest BCUT2D eigenvalue weighted by Gasteiger charge is 1.99. The normalized spacial score (nSPS) is 9.50. The molecule has 0 aliphatic carbocycles. The fourth-order valence-electron chi connectivity index (χ4n) is 0.808. The maximum atomic E-state index is 5.73. The molecule has 62 valence electrons. The Morgan fingerprint density at radius 3 is 2.08 bits per heavy atom. The van der Waals surface area contributed by atoms with Gasteiger partial charge in [0.15, 0.2) is 0 Å². The van der Waals surface area contributed by atoms with Crippen molar-refractivity contribution in [1.82, 2.24) is 0 Å². The minimum absolute atomic E-state index is 0.728. The van der Waals surface area contributed by atoms with E-state index in [1.807, 2.05) is 24.3 Å². The quantitative estimate of drug-likeness (QED) is 0.681. The molecular weight excluding hydrogens is 235 g/mol. The van der Waals surface area contributed by atoms with E-state index in [9.17, 15) is 0 Å². The van der Waals surface area contributed by atoms with E-state index in [0.717, 1.165) is 20.6 Å². The van der Waals surface area contributed by atoms with Crippen LogP contribution in [0.4, 0.5) is 0 Å². The molecule has 0 saturated carbocycles. The van der Waals surface area contributed by atoms with Gasteiger partial charge in [-0.15, -0.1) is 0 Å². The van der Waals surface area contributed by atoms with Crippen LogP contribution < -0.4 is 0 Å². The first kappa shape index (κ1) is 9.56. The molecule has 0 aliphatic rings. The lowest BCUT2D eigenvalue weighted by atomic mass is 10.1.